The first-order chi connectivity index (χ1) is 18.2. The van der Waals surface area contributed by atoms with Crippen molar-refractivity contribution in [3.8, 4) is 11.3 Å². The Hall–Kier alpha value is -2.88. The molecule has 0 aliphatic rings. The van der Waals surface area contributed by atoms with Crippen LogP contribution in [0.3, 0.4) is 0 Å². The average molecular weight is 719 g/mol. The first-order valence-corrected chi connectivity index (χ1v) is 13.6. The number of allylic oxidation sites excluding steroid dienone is 2. The molecular weight excluding hydrogens is 678 g/mol. The molecular formula is C35H41FIrNO2-. The minimum absolute atomic E-state index is 0. The maximum Gasteiger partial charge on any atom is 0.164 e. The summed E-state index contributed by atoms with van der Waals surface area (Å²) in [5, 5.41) is 13.5. The molecule has 0 bridgehead atoms. The van der Waals surface area contributed by atoms with Gasteiger partial charge in [0, 0.05) is 48.6 Å². The topological polar surface area (TPSA) is 50.2 Å². The number of fused-ring (bicyclic) bond motifs is 3. The van der Waals surface area contributed by atoms with Gasteiger partial charge in [0.2, 0.25) is 0 Å². The molecule has 0 atom stereocenters. The van der Waals surface area contributed by atoms with Gasteiger partial charge in [-0.1, -0.05) is 79.7 Å². The number of aromatic nitrogens is 1. The molecule has 0 saturated heterocycles. The van der Waals surface area contributed by atoms with Crippen LogP contribution in [0.15, 0.2) is 60.5 Å². The van der Waals surface area contributed by atoms with Crippen LogP contribution < -0.4 is 0 Å². The second-order valence-corrected chi connectivity index (χ2v) is 11.7. The molecule has 1 heterocycles. The standard InChI is InChI=1S/C22H17FN.C13H24O2.Ir/c1-13-9-14(2)11-16(10-13)22-19-8-7-17-18(5-4-6-20(17)23)21(19)15(3)12-24-22;1-7-12(3,4)10(14)9-11(15)13(5,6)8-2;/h4-10,12H,1-3H3;9,14H,7-8H2,1-6H3;/q-1;;/b;10-9-;. The van der Waals surface area contributed by atoms with Crippen LogP contribution in [0.25, 0.3) is 32.8 Å². The number of ketones is 1. The van der Waals surface area contributed by atoms with Gasteiger partial charge in [0.25, 0.3) is 0 Å². The summed E-state index contributed by atoms with van der Waals surface area (Å²) < 4.78 is 14.2. The van der Waals surface area contributed by atoms with E-state index in [4.69, 9.17) is 0 Å². The van der Waals surface area contributed by atoms with Crippen molar-refractivity contribution >= 4 is 27.3 Å². The quantitative estimate of drug-likeness (QED) is 0.0935. The number of pyridine rings is 1. The zero-order chi connectivity index (χ0) is 29.1. The fraction of sp³-hybridized carbons (Fsp3) is 0.371. The van der Waals surface area contributed by atoms with Gasteiger partial charge in [-0.05, 0) is 53.2 Å². The molecule has 215 valence electrons. The molecule has 0 saturated carbocycles. The zero-order valence-corrected chi connectivity index (χ0v) is 27.5. The molecule has 0 fully saturated rings. The molecule has 1 radical (unpaired) electrons. The average Bonchev–Trinajstić information content (AvgIpc) is 2.88. The number of nitrogens with zero attached hydrogens (tertiary/aromatic N) is 1. The second kappa shape index (κ2) is 13.2. The summed E-state index contributed by atoms with van der Waals surface area (Å²) in [5.74, 6) is 0.00525. The van der Waals surface area contributed by atoms with E-state index >= 15 is 0 Å². The largest absolute Gasteiger partial charge is 0.512 e. The van der Waals surface area contributed by atoms with Gasteiger partial charge in [-0.2, -0.15) is 0 Å². The van der Waals surface area contributed by atoms with E-state index in [0.29, 0.717) is 5.39 Å². The first kappa shape index (κ1) is 33.3. The number of aryl methyl sites for hydroxylation is 3. The number of carbonyl (C=O) groups excluding carboxylic acids is 1. The number of hydrogen-bond acceptors (Lipinski definition) is 3. The van der Waals surface area contributed by atoms with Crippen molar-refractivity contribution in [1.82, 2.24) is 4.98 Å². The molecule has 4 aromatic rings. The molecule has 4 rings (SSSR count). The summed E-state index contributed by atoms with van der Waals surface area (Å²) in [4.78, 5) is 16.5. The molecule has 0 spiro atoms. The van der Waals surface area contributed by atoms with E-state index < -0.39 is 0 Å². The van der Waals surface area contributed by atoms with Crippen LogP contribution in [0, 0.1) is 43.5 Å². The molecule has 0 amide bonds. The smallest absolute Gasteiger partial charge is 0.164 e. The monoisotopic (exact) mass is 719 g/mol. The van der Waals surface area contributed by atoms with Gasteiger partial charge in [-0.3, -0.25) is 4.79 Å². The molecule has 3 nitrogen and oxygen atoms in total. The Morgan fingerprint density at radius 2 is 1.57 bits per heavy atom. The van der Waals surface area contributed by atoms with Crippen molar-refractivity contribution in [2.24, 2.45) is 10.8 Å². The van der Waals surface area contributed by atoms with E-state index in [1.54, 1.807) is 6.07 Å². The molecule has 1 aromatic heterocycles. The van der Waals surface area contributed by atoms with Crippen molar-refractivity contribution in [3.63, 3.8) is 0 Å². The summed E-state index contributed by atoms with van der Waals surface area (Å²) in [7, 11) is 0. The van der Waals surface area contributed by atoms with Gasteiger partial charge in [0.15, 0.2) is 5.78 Å². The van der Waals surface area contributed by atoms with Crippen LogP contribution in [0.4, 0.5) is 4.39 Å². The Balaban J connectivity index is 0.000000307. The van der Waals surface area contributed by atoms with Gasteiger partial charge >= 0.3 is 0 Å². The number of halogens is 1. The van der Waals surface area contributed by atoms with Crippen molar-refractivity contribution in [1.29, 1.82) is 0 Å². The fourth-order valence-corrected chi connectivity index (χ4v) is 4.35. The van der Waals surface area contributed by atoms with Crippen LogP contribution in [0.2, 0.25) is 0 Å². The van der Waals surface area contributed by atoms with Gasteiger partial charge in [-0.15, -0.1) is 34.9 Å². The number of aliphatic hydroxyl groups excluding tert-OH is 1. The maximum absolute atomic E-state index is 14.2. The minimum atomic E-state index is -0.377. The summed E-state index contributed by atoms with van der Waals surface area (Å²) in [6.07, 6.45) is 4.86. The number of benzene rings is 3. The Labute approximate surface area is 252 Å². The summed E-state index contributed by atoms with van der Waals surface area (Å²) in [5.41, 5.74) is 4.52. The molecule has 40 heavy (non-hydrogen) atoms. The molecule has 0 aliphatic heterocycles. The van der Waals surface area contributed by atoms with Crippen molar-refractivity contribution in [3.05, 3.63) is 89.1 Å². The van der Waals surface area contributed by atoms with Crippen LogP contribution in [-0.2, 0) is 24.9 Å². The van der Waals surface area contributed by atoms with Gasteiger partial charge in [0.1, 0.15) is 11.6 Å². The summed E-state index contributed by atoms with van der Waals surface area (Å²) >= 11 is 0. The Morgan fingerprint density at radius 3 is 2.17 bits per heavy atom. The predicted molar refractivity (Wildman–Crippen MR) is 162 cm³/mol. The molecule has 0 unspecified atom stereocenters. The van der Waals surface area contributed by atoms with E-state index in [9.17, 15) is 14.3 Å². The number of hydrogen-bond donors (Lipinski definition) is 1. The third kappa shape index (κ3) is 7.25. The Kier molecular flexibility index (Phi) is 11.0. The number of carbonyl (C=O) groups is 1. The molecule has 0 aliphatic carbocycles. The third-order valence-electron chi connectivity index (χ3n) is 7.84. The van der Waals surface area contributed by atoms with E-state index in [-0.39, 0.29) is 48.3 Å². The normalized spacial score (nSPS) is 12.1. The van der Waals surface area contributed by atoms with Crippen LogP contribution >= 0.6 is 0 Å². The van der Waals surface area contributed by atoms with Crippen LogP contribution in [0.1, 0.15) is 71.1 Å². The Bertz CT molecular complexity index is 1530. The summed E-state index contributed by atoms with van der Waals surface area (Å²) in [6.45, 7) is 17.8. The zero-order valence-electron chi connectivity index (χ0n) is 25.1. The van der Waals surface area contributed by atoms with Crippen molar-refractivity contribution < 1.29 is 34.4 Å². The van der Waals surface area contributed by atoms with Crippen molar-refractivity contribution in [2.45, 2.75) is 75.2 Å². The van der Waals surface area contributed by atoms with E-state index in [1.807, 2.05) is 79.8 Å². The van der Waals surface area contributed by atoms with Gasteiger partial charge < -0.3 is 10.1 Å². The van der Waals surface area contributed by atoms with Gasteiger partial charge in [0.05, 0.1) is 0 Å². The minimum Gasteiger partial charge on any atom is -0.512 e. The van der Waals surface area contributed by atoms with Crippen LogP contribution in [0.5, 0.6) is 0 Å². The third-order valence-corrected chi connectivity index (χ3v) is 7.84. The summed E-state index contributed by atoms with van der Waals surface area (Å²) in [6, 6.07) is 16.7. The number of rotatable bonds is 6. The van der Waals surface area contributed by atoms with E-state index in [1.165, 1.54) is 17.7 Å². The van der Waals surface area contributed by atoms with E-state index in [2.05, 4.69) is 30.1 Å². The van der Waals surface area contributed by atoms with Crippen molar-refractivity contribution in [2.75, 3.05) is 0 Å². The first-order valence-electron chi connectivity index (χ1n) is 13.6. The molecule has 1 N–H and O–H groups in total. The second-order valence-electron chi connectivity index (χ2n) is 11.7. The fourth-order valence-electron chi connectivity index (χ4n) is 4.35. The number of aliphatic hydroxyl groups is 1. The Morgan fingerprint density at radius 1 is 0.950 bits per heavy atom. The van der Waals surface area contributed by atoms with E-state index in [0.717, 1.165) is 51.4 Å². The molecule has 3 aromatic carbocycles. The molecule has 5 heteroatoms. The SMILES string of the molecule is CCC(C)(C)C(=O)/C=C(\O)C(C)(C)CC.Cc1[c-]c(-c2ncc(C)c3c2ccc2c(F)cccc23)cc(C)c1.[Ir]. The predicted octanol–water partition coefficient (Wildman–Crippen LogP) is 9.79. The maximum atomic E-state index is 14.2. The van der Waals surface area contributed by atoms with Crippen LogP contribution in [-0.4, -0.2) is 15.9 Å². The van der Waals surface area contributed by atoms with Gasteiger partial charge in [-0.25, -0.2) is 4.39 Å².